The molecule has 0 N–H and O–H groups in total. The molecule has 3 heterocycles. The van der Waals surface area contributed by atoms with E-state index < -0.39 is 16.9 Å². The number of halogens is 1. The zero-order valence-electron chi connectivity index (χ0n) is 17.5. The number of nitrogens with zero attached hydrogens (tertiary/aromatic N) is 4. The quantitative estimate of drug-likeness (QED) is 0.587. The molecule has 2 aliphatic rings. The van der Waals surface area contributed by atoms with Crippen LogP contribution in [0.15, 0.2) is 64.2 Å². The molecule has 1 aromatic heterocycles. The van der Waals surface area contributed by atoms with Gasteiger partial charge >= 0.3 is 11.1 Å². The van der Waals surface area contributed by atoms with Gasteiger partial charge in [-0.05, 0) is 35.6 Å². The molecule has 2 aliphatic heterocycles. The van der Waals surface area contributed by atoms with Crippen molar-refractivity contribution >= 4 is 5.91 Å². The van der Waals surface area contributed by atoms with Crippen molar-refractivity contribution in [1.29, 1.82) is 0 Å². The summed E-state index contributed by atoms with van der Waals surface area (Å²) in [6, 6.07) is 15.5. The fourth-order valence-corrected chi connectivity index (χ4v) is 4.77. The number of fused-ring (bicyclic) bond motifs is 3. The third-order valence-electron chi connectivity index (χ3n) is 6.44. The molecule has 7 nitrogen and oxygen atoms in total. The van der Waals surface area contributed by atoms with Crippen LogP contribution in [0.1, 0.15) is 29.3 Å². The van der Waals surface area contributed by atoms with Gasteiger partial charge in [-0.3, -0.25) is 19.0 Å². The van der Waals surface area contributed by atoms with E-state index in [0.29, 0.717) is 37.4 Å². The summed E-state index contributed by atoms with van der Waals surface area (Å²) < 4.78 is 16.1. The minimum atomic E-state index is -0.714. The van der Waals surface area contributed by atoms with Gasteiger partial charge in [-0.25, -0.2) is 9.07 Å². The van der Waals surface area contributed by atoms with Gasteiger partial charge in [0.25, 0.3) is 0 Å². The van der Waals surface area contributed by atoms with E-state index >= 15 is 0 Å². The fraction of sp³-hybridized carbons (Fsp3) is 0.333. The number of hydrogen-bond acceptors (Lipinski definition) is 4. The average molecular weight is 434 g/mol. The number of amides is 1. The number of likely N-dealkylation sites (tertiary alicyclic amines) is 1. The summed E-state index contributed by atoms with van der Waals surface area (Å²) in [6.45, 7) is 1.57. The molecule has 0 bridgehead atoms. The molecule has 1 fully saturated rings. The second-order valence-electron chi connectivity index (χ2n) is 8.52. The fourth-order valence-electron chi connectivity index (χ4n) is 4.77. The maximum Gasteiger partial charge on any atom is 0.332 e. The number of carbonyl (C=O) groups is 1. The second-order valence-corrected chi connectivity index (χ2v) is 8.52. The number of rotatable bonds is 4. The van der Waals surface area contributed by atoms with Gasteiger partial charge in [0.2, 0.25) is 5.91 Å². The molecule has 32 heavy (non-hydrogen) atoms. The van der Waals surface area contributed by atoms with E-state index in [1.165, 1.54) is 16.7 Å². The Hall–Kier alpha value is -3.55. The van der Waals surface area contributed by atoms with Crippen LogP contribution in [-0.2, 0) is 24.3 Å². The molecule has 0 saturated carbocycles. The predicted molar refractivity (Wildman–Crippen MR) is 116 cm³/mol. The van der Waals surface area contributed by atoms with E-state index in [9.17, 15) is 18.8 Å². The largest absolute Gasteiger partial charge is 0.342 e. The van der Waals surface area contributed by atoms with Crippen LogP contribution in [0, 0.1) is 11.7 Å². The first-order valence-corrected chi connectivity index (χ1v) is 10.8. The Morgan fingerprint density at radius 1 is 1.00 bits per heavy atom. The maximum atomic E-state index is 13.6. The highest BCUT2D eigenvalue weighted by Crippen LogP contribution is 2.37. The normalized spacial score (nSPS) is 19.5. The highest BCUT2D eigenvalue weighted by atomic mass is 19.1. The van der Waals surface area contributed by atoms with Crippen LogP contribution in [-0.4, -0.2) is 38.2 Å². The van der Waals surface area contributed by atoms with Crippen molar-refractivity contribution in [2.24, 2.45) is 5.92 Å². The van der Waals surface area contributed by atoms with Crippen molar-refractivity contribution in [3.8, 4) is 0 Å². The zero-order valence-corrected chi connectivity index (χ0v) is 17.5. The van der Waals surface area contributed by atoms with Crippen molar-refractivity contribution in [2.75, 3.05) is 13.1 Å². The first-order chi connectivity index (χ1) is 15.5. The topological polar surface area (TPSA) is 77.2 Å². The van der Waals surface area contributed by atoms with E-state index in [1.807, 2.05) is 35.2 Å². The second kappa shape index (κ2) is 8.18. The average Bonchev–Trinajstić information content (AvgIpc) is 3.16. The first kappa shape index (κ1) is 20.4. The van der Waals surface area contributed by atoms with Crippen LogP contribution in [0.5, 0.6) is 0 Å². The van der Waals surface area contributed by atoms with E-state index in [-0.39, 0.29) is 24.3 Å². The summed E-state index contributed by atoms with van der Waals surface area (Å²) in [4.78, 5) is 40.1. The minimum absolute atomic E-state index is 0.0215. The molecule has 0 aliphatic carbocycles. The van der Waals surface area contributed by atoms with Gasteiger partial charge in [0.05, 0.1) is 13.0 Å². The summed E-state index contributed by atoms with van der Waals surface area (Å²) in [6.07, 6.45) is 1.09. The van der Waals surface area contributed by atoms with Gasteiger partial charge in [-0.2, -0.15) is 5.10 Å². The summed E-state index contributed by atoms with van der Waals surface area (Å²) in [5.41, 5.74) is 0.197. The van der Waals surface area contributed by atoms with Crippen LogP contribution >= 0.6 is 0 Å². The number of piperidine rings is 1. The van der Waals surface area contributed by atoms with Crippen molar-refractivity contribution < 1.29 is 9.18 Å². The molecule has 0 radical (unpaired) electrons. The summed E-state index contributed by atoms with van der Waals surface area (Å²) in [7, 11) is 0. The lowest BCUT2D eigenvalue weighted by atomic mass is 9.87. The Labute approximate surface area is 183 Å². The highest BCUT2D eigenvalue weighted by Gasteiger charge is 2.41. The van der Waals surface area contributed by atoms with E-state index in [2.05, 4.69) is 5.10 Å². The molecule has 2 atom stereocenters. The van der Waals surface area contributed by atoms with Crippen molar-refractivity contribution in [3.63, 3.8) is 0 Å². The van der Waals surface area contributed by atoms with Crippen LogP contribution in [0.25, 0.3) is 0 Å². The summed E-state index contributed by atoms with van der Waals surface area (Å²) >= 11 is 0. The number of aromatic nitrogens is 3. The Balaban J connectivity index is 1.41. The molecule has 3 aromatic rings. The van der Waals surface area contributed by atoms with E-state index in [0.717, 1.165) is 16.7 Å². The highest BCUT2D eigenvalue weighted by molar-refractivity contribution is 5.79. The molecular formula is C24H23FN4O3. The van der Waals surface area contributed by atoms with E-state index in [1.54, 1.807) is 12.1 Å². The van der Waals surface area contributed by atoms with Gasteiger partial charge in [0.1, 0.15) is 11.6 Å². The predicted octanol–water partition coefficient (Wildman–Crippen LogP) is 1.78. The number of carbonyl (C=O) groups excluding carboxylic acids is 1. The molecule has 164 valence electrons. The Morgan fingerprint density at radius 2 is 1.78 bits per heavy atom. The molecular weight excluding hydrogens is 411 g/mol. The lowest BCUT2D eigenvalue weighted by Gasteiger charge is -2.34. The molecule has 2 aromatic carbocycles. The van der Waals surface area contributed by atoms with Gasteiger partial charge in [-0.15, -0.1) is 0 Å². The lowest BCUT2D eigenvalue weighted by Crippen LogP contribution is -2.44. The molecule has 2 unspecified atom stereocenters. The SMILES string of the molecule is O=C(Cc1ccccc1)N1CCC2Cn3c(nn(Cc4cccc(F)c4)c(=O)c3=O)C2C1. The summed E-state index contributed by atoms with van der Waals surface area (Å²) in [5.74, 6) is 0.237. The molecule has 1 amide bonds. The monoisotopic (exact) mass is 434 g/mol. The van der Waals surface area contributed by atoms with E-state index in [4.69, 9.17) is 0 Å². The number of benzene rings is 2. The van der Waals surface area contributed by atoms with Gasteiger partial charge in [0.15, 0.2) is 0 Å². The smallest absolute Gasteiger partial charge is 0.332 e. The van der Waals surface area contributed by atoms with Crippen LogP contribution in [0.3, 0.4) is 0 Å². The lowest BCUT2D eigenvalue weighted by molar-refractivity contribution is -0.132. The first-order valence-electron chi connectivity index (χ1n) is 10.8. The third-order valence-corrected chi connectivity index (χ3v) is 6.44. The Kier molecular flexibility index (Phi) is 5.20. The van der Waals surface area contributed by atoms with Gasteiger partial charge in [0, 0.05) is 25.6 Å². The summed E-state index contributed by atoms with van der Waals surface area (Å²) in [5, 5.41) is 4.51. The van der Waals surface area contributed by atoms with Gasteiger partial charge < -0.3 is 4.90 Å². The zero-order chi connectivity index (χ0) is 22.2. The molecule has 8 heteroatoms. The molecule has 5 rings (SSSR count). The third kappa shape index (κ3) is 3.77. The Morgan fingerprint density at radius 3 is 2.56 bits per heavy atom. The standard InChI is InChI=1S/C24H23FN4O3/c25-19-8-4-7-17(11-19)13-29-24(32)23(31)28-14-18-9-10-27(15-20(18)22(28)26-29)21(30)12-16-5-2-1-3-6-16/h1-8,11,18,20H,9-10,12-15H2. The van der Waals surface area contributed by atoms with Crippen LogP contribution in [0.4, 0.5) is 4.39 Å². The van der Waals surface area contributed by atoms with Gasteiger partial charge in [-0.1, -0.05) is 42.5 Å². The maximum absolute atomic E-state index is 13.6. The van der Waals surface area contributed by atoms with Crippen molar-refractivity contribution in [2.45, 2.75) is 31.8 Å². The molecule has 1 saturated heterocycles. The van der Waals surface area contributed by atoms with Crippen LogP contribution < -0.4 is 11.1 Å². The Bertz CT molecular complexity index is 1280. The number of hydrogen-bond donors (Lipinski definition) is 0. The van der Waals surface area contributed by atoms with Crippen molar-refractivity contribution in [1.82, 2.24) is 19.2 Å². The minimum Gasteiger partial charge on any atom is -0.342 e. The van der Waals surface area contributed by atoms with Crippen molar-refractivity contribution in [3.05, 3.63) is 98.1 Å². The van der Waals surface area contributed by atoms with Crippen LogP contribution in [0.2, 0.25) is 0 Å². The molecule has 0 spiro atoms.